The summed E-state index contributed by atoms with van der Waals surface area (Å²) in [6, 6.07) is 0. The summed E-state index contributed by atoms with van der Waals surface area (Å²) in [5, 5.41) is 6.75. The minimum absolute atomic E-state index is 0. The smallest absolute Gasteiger partial charge is 0 e. The summed E-state index contributed by atoms with van der Waals surface area (Å²) in [6.45, 7) is 5.00. The molecule has 0 fully saturated rings. The second-order valence-corrected chi connectivity index (χ2v) is 0. The minimum Gasteiger partial charge on any atom is -0.569 e. The van der Waals surface area contributed by atoms with Crippen molar-refractivity contribution in [2.75, 3.05) is 0 Å². The Balaban J connectivity index is -0.0000000133. The largest absolute Gasteiger partial charge is 0.569 e. The van der Waals surface area contributed by atoms with Crippen LogP contribution in [-0.2, 0) is 0 Å². The molecule has 0 aromatic heterocycles. The van der Waals surface area contributed by atoms with Gasteiger partial charge in [0.25, 0.3) is 0 Å². The molecule has 1 nitrogen and oxygen atoms in total. The average Bonchev–Trinajstić information content (AvgIpc) is 1.50. The van der Waals surface area contributed by atoms with E-state index >= 15 is 0 Å². The molecule has 0 unspecified atom stereocenters. The first-order chi connectivity index (χ1) is 2.00. The Morgan fingerprint density at radius 2 is 1.20 bits per heavy atom. The van der Waals surface area contributed by atoms with Gasteiger partial charge in [0, 0.05) is 0 Å². The summed E-state index contributed by atoms with van der Waals surface area (Å²) in [4.78, 5) is 0. The molecule has 0 bridgehead atoms. The standard InChI is InChI=1S/C2H5.CH3O.Rf/c2*1-2;/h1H2,2H3;2H,1H2;/q2*-1;. The molecule has 0 saturated heterocycles. The van der Waals surface area contributed by atoms with Crippen LogP contribution in [0.5, 0.6) is 0 Å². The van der Waals surface area contributed by atoms with Crippen LogP contribution >= 0.6 is 0 Å². The van der Waals surface area contributed by atoms with Crippen LogP contribution in [0.1, 0.15) is 6.92 Å². The molecule has 0 atom stereocenters. The van der Waals surface area contributed by atoms with E-state index in [2.05, 4.69) is 14.0 Å². The molecule has 0 aromatic rings. The van der Waals surface area contributed by atoms with E-state index < -0.39 is 0 Å². The molecule has 2 heteroatoms. The number of aliphatic hydroxyl groups excluding tert-OH is 1. The fraction of sp³-hybridized carbons (Fsp3) is 0.333. The van der Waals surface area contributed by atoms with Gasteiger partial charge in [0.05, 0.1) is 0 Å². The zero-order chi connectivity index (χ0) is 4.00. The maximum Gasteiger partial charge on any atom is 0 e. The van der Waals surface area contributed by atoms with Crippen molar-refractivity contribution in [2.24, 2.45) is 0 Å². The Bertz CT molecular complexity index is 6.85. The minimum atomic E-state index is 0. The van der Waals surface area contributed by atoms with Crippen molar-refractivity contribution in [1.82, 2.24) is 0 Å². The van der Waals surface area contributed by atoms with Crippen LogP contribution in [-0.4, -0.2) is 5.11 Å². The van der Waals surface area contributed by atoms with Gasteiger partial charge < -0.3 is 12.0 Å². The van der Waals surface area contributed by atoms with Crippen molar-refractivity contribution in [3.63, 3.8) is 0 Å². The van der Waals surface area contributed by atoms with Crippen LogP contribution in [0.2, 0.25) is 0 Å². The van der Waals surface area contributed by atoms with Gasteiger partial charge in [-0.3, -0.25) is 0 Å². The summed E-state index contributed by atoms with van der Waals surface area (Å²) in [6.07, 6.45) is 0. The van der Waals surface area contributed by atoms with E-state index in [0.717, 1.165) is 0 Å². The van der Waals surface area contributed by atoms with Gasteiger partial charge in [0.1, 0.15) is 0 Å². The molecule has 0 aliphatic rings. The molecule has 0 radical (unpaired) electrons. The third kappa shape index (κ3) is 2.52. The van der Waals surface area contributed by atoms with Crippen LogP contribution in [0.3, 0.4) is 0 Å². The zero-order valence-electron chi connectivity index (χ0n) is 3.57. The fourth-order valence-electron chi connectivity index (χ4n) is 0. The third-order valence-electron chi connectivity index (χ3n) is 0. The second-order valence-electron chi connectivity index (χ2n) is 0. The summed E-state index contributed by atoms with van der Waals surface area (Å²) in [7, 11) is 2.25. The molecule has 0 rings (SSSR count). The Hall–Kier alpha value is -1.04. The predicted octanol–water partition coefficient (Wildman–Crippen LogP) is 0.991. The van der Waals surface area contributed by atoms with E-state index in [1.54, 1.807) is 6.92 Å². The van der Waals surface area contributed by atoms with E-state index in [1.807, 2.05) is 0 Å². The van der Waals surface area contributed by atoms with Gasteiger partial charge in [-0.1, -0.05) is 0 Å². The van der Waals surface area contributed by atoms with Crippen LogP contribution < -0.4 is 0 Å². The molecule has 5 heavy (non-hydrogen) atoms. The van der Waals surface area contributed by atoms with Gasteiger partial charge in [0.2, 0.25) is 0 Å². The molecule has 0 heterocycles. The SMILES string of the molecule is [CH2-]C.[CH2-]O.[Rf]. The number of hydrogen-bond donors (Lipinski definition) is 1. The van der Waals surface area contributed by atoms with Gasteiger partial charge >= 0.3 is 0 Å². The summed E-state index contributed by atoms with van der Waals surface area (Å²) in [5.41, 5.74) is 0. The monoisotopic (exact) mass is 327 g/mol. The predicted molar refractivity (Wildman–Crippen MR) is 18.3 cm³/mol. The van der Waals surface area contributed by atoms with Crippen molar-refractivity contribution in [1.29, 1.82) is 0 Å². The third-order valence-corrected chi connectivity index (χ3v) is 0. The molecule has 0 saturated carbocycles. The Kier molecular flexibility index (Phi) is 79.2. The normalized spacial score (nSPS) is 2.40. The summed E-state index contributed by atoms with van der Waals surface area (Å²) in [5.74, 6) is 0. The molecule has 1 N–H and O–H groups in total. The number of hydrogen-bond acceptors (Lipinski definition) is 1. The van der Waals surface area contributed by atoms with E-state index in [0.29, 0.717) is 0 Å². The zero-order valence-corrected chi connectivity index (χ0v) is 9.97. The topological polar surface area (TPSA) is 20.2 Å². The maximum atomic E-state index is 6.75. The van der Waals surface area contributed by atoms with Crippen LogP contribution in [0, 0.1) is 14.0 Å². The molecule has 30 valence electrons. The number of aliphatic hydroxyl groups is 1. The molecular formula is C3H8ORf-2. The van der Waals surface area contributed by atoms with Gasteiger partial charge in [-0.25, -0.2) is 7.11 Å². The van der Waals surface area contributed by atoms with E-state index in [-0.39, 0.29) is 0 Å². The number of rotatable bonds is 0. The second kappa shape index (κ2) is 10.5. The Labute approximate surface area is 27.3 Å². The van der Waals surface area contributed by atoms with Gasteiger partial charge in [-0.2, -0.15) is 6.92 Å². The summed E-state index contributed by atoms with van der Waals surface area (Å²) < 4.78 is 0. The van der Waals surface area contributed by atoms with Crippen LogP contribution in [0.15, 0.2) is 0 Å². The van der Waals surface area contributed by atoms with E-state index in [4.69, 9.17) is 5.11 Å². The Morgan fingerprint density at radius 3 is 1.20 bits per heavy atom. The quantitative estimate of drug-likeness (QED) is 0.658. The van der Waals surface area contributed by atoms with Crippen molar-refractivity contribution in [2.45, 2.75) is 6.92 Å². The summed E-state index contributed by atoms with van der Waals surface area (Å²) >= 11 is 0. The first kappa shape index (κ1) is 37.6. The van der Waals surface area contributed by atoms with E-state index in [1.165, 1.54) is 0 Å². The average molecular weight is 327 g/mol. The molecule has 0 spiro atoms. The van der Waals surface area contributed by atoms with Gasteiger partial charge in [-0.05, 0) is 0 Å². The fourth-order valence-corrected chi connectivity index (χ4v) is 0. The van der Waals surface area contributed by atoms with Crippen LogP contribution in [0.25, 0.3) is 0 Å². The maximum absolute atomic E-state index is 6.75. The molecule has 0 amide bonds. The van der Waals surface area contributed by atoms with Crippen LogP contribution in [0.4, 0.5) is 0 Å². The first-order valence-corrected chi connectivity index (χ1v) is 1.02. The van der Waals surface area contributed by atoms with Crippen molar-refractivity contribution in [3.05, 3.63) is 14.0 Å². The van der Waals surface area contributed by atoms with Crippen molar-refractivity contribution in [3.8, 4) is 0 Å². The molecule has 0 aliphatic heterocycles. The molecule has 0 aromatic carbocycles. The first-order valence-electron chi connectivity index (χ1n) is 1.02. The van der Waals surface area contributed by atoms with Gasteiger partial charge in [0.15, 0.2) is 0 Å². The van der Waals surface area contributed by atoms with E-state index in [9.17, 15) is 0 Å². The molecular weight excluding hydrogens is 319 g/mol. The Morgan fingerprint density at radius 1 is 1.20 bits per heavy atom. The molecule has 0 aliphatic carbocycles. The van der Waals surface area contributed by atoms with Crippen molar-refractivity contribution >= 4 is 0 Å². The van der Waals surface area contributed by atoms with Gasteiger partial charge in [-0.15, -0.1) is 0 Å². The van der Waals surface area contributed by atoms with Crippen molar-refractivity contribution < 1.29 is 5.11 Å².